The molecule has 0 spiro atoms. The van der Waals surface area contributed by atoms with Crippen molar-refractivity contribution in [1.29, 1.82) is 0 Å². The molecule has 0 saturated heterocycles. The van der Waals surface area contributed by atoms with E-state index in [1.54, 1.807) is 16.2 Å². The first kappa shape index (κ1) is 21.4. The van der Waals surface area contributed by atoms with Gasteiger partial charge in [-0.05, 0) is 28.6 Å². The highest BCUT2D eigenvalue weighted by Crippen LogP contribution is 2.23. The van der Waals surface area contributed by atoms with Crippen LogP contribution in [0.25, 0.3) is 0 Å². The van der Waals surface area contributed by atoms with Crippen LogP contribution in [0, 0.1) is 0 Å². The van der Waals surface area contributed by atoms with Gasteiger partial charge >= 0.3 is 0 Å². The predicted molar refractivity (Wildman–Crippen MR) is 118 cm³/mol. The first-order chi connectivity index (χ1) is 14.2. The van der Waals surface area contributed by atoms with Crippen LogP contribution in [0.15, 0.2) is 72.1 Å². The Bertz CT molecular complexity index is 886. The van der Waals surface area contributed by atoms with Gasteiger partial charge in [-0.2, -0.15) is 0 Å². The number of thiophene rings is 1. The fourth-order valence-corrected chi connectivity index (χ4v) is 3.92. The highest BCUT2D eigenvalue weighted by Gasteiger charge is 2.18. The van der Waals surface area contributed by atoms with Gasteiger partial charge in [-0.3, -0.25) is 4.79 Å². The highest BCUT2D eigenvalue weighted by atomic mass is 35.5. The molecule has 1 amide bonds. The first-order valence-corrected chi connectivity index (χ1v) is 10.9. The molecule has 0 aliphatic rings. The Labute approximate surface area is 180 Å². The fraction of sp³-hybridized carbons (Fsp3) is 0.261. The summed E-state index contributed by atoms with van der Waals surface area (Å²) in [5.74, 6) is 0.412. The Morgan fingerprint density at radius 1 is 1.07 bits per heavy atom. The largest absolute Gasteiger partial charge is 0.491 e. The Morgan fingerprint density at radius 3 is 2.55 bits per heavy atom. The Balaban J connectivity index is 1.59. The van der Waals surface area contributed by atoms with Crippen LogP contribution in [0.4, 0.5) is 0 Å². The minimum Gasteiger partial charge on any atom is -0.491 e. The maximum absolute atomic E-state index is 12.2. The van der Waals surface area contributed by atoms with Crippen LogP contribution in [0.3, 0.4) is 0 Å². The average Bonchev–Trinajstić information content (AvgIpc) is 3.26. The number of aliphatic hydroxyl groups is 1. The van der Waals surface area contributed by atoms with Crippen molar-refractivity contribution in [2.75, 3.05) is 19.0 Å². The first-order valence-electron chi connectivity index (χ1n) is 9.44. The van der Waals surface area contributed by atoms with Gasteiger partial charge < -0.3 is 14.7 Å². The molecule has 0 saturated carbocycles. The second-order valence-corrected chi connectivity index (χ2v) is 8.02. The zero-order valence-corrected chi connectivity index (χ0v) is 17.6. The van der Waals surface area contributed by atoms with Gasteiger partial charge in [0.2, 0.25) is 5.91 Å². The number of nitrogens with zero attached hydrogens (tertiary/aromatic N) is 1. The lowest BCUT2D eigenvalue weighted by Gasteiger charge is -2.25. The van der Waals surface area contributed by atoms with E-state index >= 15 is 0 Å². The third-order valence-corrected chi connectivity index (χ3v) is 5.57. The van der Waals surface area contributed by atoms with E-state index in [0.29, 0.717) is 6.54 Å². The van der Waals surface area contributed by atoms with E-state index in [1.165, 1.54) is 4.88 Å². The van der Waals surface area contributed by atoms with Crippen molar-refractivity contribution in [2.24, 2.45) is 0 Å². The van der Waals surface area contributed by atoms with Gasteiger partial charge in [0.25, 0.3) is 0 Å². The van der Waals surface area contributed by atoms with E-state index in [-0.39, 0.29) is 24.9 Å². The molecule has 1 N–H and O–H groups in total. The van der Waals surface area contributed by atoms with Crippen molar-refractivity contribution in [1.82, 2.24) is 4.90 Å². The van der Waals surface area contributed by atoms with Crippen LogP contribution in [0.5, 0.6) is 5.75 Å². The van der Waals surface area contributed by atoms with Gasteiger partial charge in [0.1, 0.15) is 24.3 Å². The van der Waals surface area contributed by atoms with Crippen LogP contribution in [0.1, 0.15) is 16.0 Å². The van der Waals surface area contributed by atoms with Crippen LogP contribution < -0.4 is 4.74 Å². The van der Waals surface area contributed by atoms with Crippen LogP contribution in [-0.4, -0.2) is 41.0 Å². The lowest BCUT2D eigenvalue weighted by molar-refractivity contribution is -0.130. The number of hydrogen-bond acceptors (Lipinski definition) is 4. The maximum Gasteiger partial charge on any atom is 0.237 e. The Hall–Kier alpha value is -2.34. The van der Waals surface area contributed by atoms with Gasteiger partial charge in [-0.15, -0.1) is 22.9 Å². The maximum atomic E-state index is 12.2. The van der Waals surface area contributed by atoms with Crippen molar-refractivity contribution >= 4 is 28.8 Å². The molecule has 3 rings (SSSR count). The van der Waals surface area contributed by atoms with E-state index < -0.39 is 6.10 Å². The second-order valence-electron chi connectivity index (χ2n) is 6.72. The lowest BCUT2D eigenvalue weighted by Crippen LogP contribution is -2.40. The molecule has 152 valence electrons. The summed E-state index contributed by atoms with van der Waals surface area (Å²) in [4.78, 5) is 15.0. The minimum absolute atomic E-state index is 0.0995. The number of alkyl halides is 1. The van der Waals surface area contributed by atoms with E-state index in [0.717, 1.165) is 23.3 Å². The third-order valence-electron chi connectivity index (χ3n) is 4.46. The van der Waals surface area contributed by atoms with Gasteiger partial charge in [0.15, 0.2) is 0 Å². The molecule has 3 aromatic rings. The number of halogens is 1. The molecule has 1 aromatic heterocycles. The second kappa shape index (κ2) is 11.0. The van der Waals surface area contributed by atoms with Gasteiger partial charge in [-0.1, -0.05) is 54.6 Å². The molecule has 0 aliphatic carbocycles. The number of para-hydroxylation sites is 1. The van der Waals surface area contributed by atoms with E-state index in [9.17, 15) is 9.90 Å². The molecule has 0 fully saturated rings. The number of aliphatic hydroxyl groups excluding tert-OH is 1. The topological polar surface area (TPSA) is 49.8 Å². The van der Waals surface area contributed by atoms with Gasteiger partial charge in [-0.25, -0.2) is 0 Å². The fourth-order valence-electron chi connectivity index (χ4n) is 3.03. The summed E-state index contributed by atoms with van der Waals surface area (Å²) in [7, 11) is 0. The molecule has 0 radical (unpaired) electrons. The van der Waals surface area contributed by atoms with Crippen molar-refractivity contribution in [3.63, 3.8) is 0 Å². The molecule has 1 heterocycles. The van der Waals surface area contributed by atoms with Gasteiger partial charge in [0, 0.05) is 17.8 Å². The van der Waals surface area contributed by atoms with Crippen LogP contribution in [-0.2, 0) is 17.8 Å². The Kier molecular flexibility index (Phi) is 8.11. The summed E-state index contributed by atoms with van der Waals surface area (Å²) in [6.45, 7) is 0.661. The molecule has 0 aliphatic heterocycles. The van der Waals surface area contributed by atoms with E-state index in [4.69, 9.17) is 16.3 Å². The number of carbonyl (C=O) groups is 1. The van der Waals surface area contributed by atoms with Gasteiger partial charge in [0.05, 0.1) is 6.54 Å². The van der Waals surface area contributed by atoms with Crippen molar-refractivity contribution in [3.8, 4) is 5.75 Å². The SMILES string of the molecule is O=C(CCl)N(Cc1ccccc1)CC(O)COc1ccccc1Cc1cccs1. The van der Waals surface area contributed by atoms with E-state index in [1.807, 2.05) is 60.7 Å². The summed E-state index contributed by atoms with van der Waals surface area (Å²) in [5, 5.41) is 12.5. The van der Waals surface area contributed by atoms with Crippen molar-refractivity contribution in [2.45, 2.75) is 19.1 Å². The van der Waals surface area contributed by atoms with E-state index in [2.05, 4.69) is 11.4 Å². The molecule has 1 atom stereocenters. The number of amides is 1. The number of rotatable bonds is 10. The zero-order valence-electron chi connectivity index (χ0n) is 16.0. The predicted octanol–water partition coefficient (Wildman–Crippen LogP) is 4.35. The molecular weight excluding hydrogens is 406 g/mol. The Morgan fingerprint density at radius 2 is 1.83 bits per heavy atom. The summed E-state index contributed by atoms with van der Waals surface area (Å²) >= 11 is 7.46. The number of benzene rings is 2. The quantitative estimate of drug-likeness (QED) is 0.487. The molecule has 4 nitrogen and oxygen atoms in total. The number of ether oxygens (including phenoxy) is 1. The number of hydrogen-bond donors (Lipinski definition) is 1. The normalized spacial score (nSPS) is 11.8. The number of carbonyl (C=O) groups excluding carboxylic acids is 1. The average molecular weight is 430 g/mol. The van der Waals surface area contributed by atoms with Crippen LogP contribution >= 0.6 is 22.9 Å². The summed E-state index contributed by atoms with van der Waals surface area (Å²) in [6, 6.07) is 21.6. The third kappa shape index (κ3) is 6.60. The molecule has 2 aromatic carbocycles. The molecule has 6 heteroatoms. The minimum atomic E-state index is -0.819. The standard InChI is InChI=1S/C23H24ClNO3S/c24-14-23(27)25(15-18-7-2-1-3-8-18)16-20(26)17-28-22-11-5-4-9-19(22)13-21-10-6-12-29-21/h1-12,20,26H,13-17H2. The highest BCUT2D eigenvalue weighted by molar-refractivity contribution is 7.09. The molecule has 1 unspecified atom stereocenters. The lowest BCUT2D eigenvalue weighted by atomic mass is 10.1. The monoisotopic (exact) mass is 429 g/mol. The van der Waals surface area contributed by atoms with Crippen molar-refractivity contribution in [3.05, 3.63) is 88.1 Å². The molecular formula is C23H24ClNO3S. The molecule has 0 bridgehead atoms. The molecule has 29 heavy (non-hydrogen) atoms. The smallest absolute Gasteiger partial charge is 0.237 e. The zero-order chi connectivity index (χ0) is 20.5. The summed E-state index contributed by atoms with van der Waals surface area (Å²) < 4.78 is 5.90. The van der Waals surface area contributed by atoms with Crippen molar-refractivity contribution < 1.29 is 14.6 Å². The summed E-state index contributed by atoms with van der Waals surface area (Å²) in [5.41, 5.74) is 2.06. The summed E-state index contributed by atoms with van der Waals surface area (Å²) in [6.07, 6.45) is -0.0323. The van der Waals surface area contributed by atoms with Crippen LogP contribution in [0.2, 0.25) is 0 Å².